The Morgan fingerprint density at radius 3 is 2.72 bits per heavy atom. The average molecular weight is 337 g/mol. The first-order valence-corrected chi connectivity index (χ1v) is 7.88. The highest BCUT2D eigenvalue weighted by molar-refractivity contribution is 5.90. The Morgan fingerprint density at radius 1 is 1.20 bits per heavy atom. The molecule has 0 atom stereocenters. The molecule has 0 fully saturated rings. The molecule has 2 amide bonds. The smallest absolute Gasteiger partial charge is 0.322 e. The number of hydrogen-bond acceptors (Lipinski definition) is 4. The SMILES string of the molecule is COCc1ccc(NC(=O)N2Cc3ccc(OC)cc3C2)cc1C#N. The van der Waals surface area contributed by atoms with Crippen molar-refractivity contribution in [2.24, 2.45) is 0 Å². The topological polar surface area (TPSA) is 74.6 Å². The van der Waals surface area contributed by atoms with Crippen molar-refractivity contribution in [3.63, 3.8) is 0 Å². The Kier molecular flexibility index (Phi) is 4.87. The zero-order valence-electron chi connectivity index (χ0n) is 14.2. The van der Waals surface area contributed by atoms with Gasteiger partial charge in [-0.2, -0.15) is 5.26 Å². The Morgan fingerprint density at radius 2 is 2.00 bits per heavy atom. The number of anilines is 1. The predicted octanol–water partition coefficient (Wildman–Crippen LogP) is 3.26. The van der Waals surface area contributed by atoms with Crippen LogP contribution in [-0.4, -0.2) is 25.2 Å². The van der Waals surface area contributed by atoms with Gasteiger partial charge < -0.3 is 19.7 Å². The van der Waals surface area contributed by atoms with E-state index in [-0.39, 0.29) is 6.03 Å². The van der Waals surface area contributed by atoms with Gasteiger partial charge in [-0.15, -0.1) is 0 Å². The summed E-state index contributed by atoms with van der Waals surface area (Å²) in [5.41, 5.74) is 4.08. The Bertz CT molecular complexity index is 842. The van der Waals surface area contributed by atoms with E-state index in [4.69, 9.17) is 9.47 Å². The maximum Gasteiger partial charge on any atom is 0.322 e. The third-order valence-electron chi connectivity index (χ3n) is 4.20. The number of nitriles is 1. The Labute approximate surface area is 146 Å². The fourth-order valence-electron chi connectivity index (χ4n) is 2.88. The Hall–Kier alpha value is -3.04. The van der Waals surface area contributed by atoms with Crippen LogP contribution >= 0.6 is 0 Å². The molecule has 6 nitrogen and oxygen atoms in total. The van der Waals surface area contributed by atoms with Crippen LogP contribution in [0.2, 0.25) is 0 Å². The maximum atomic E-state index is 12.5. The molecule has 0 aliphatic carbocycles. The molecule has 0 saturated heterocycles. The predicted molar refractivity (Wildman–Crippen MR) is 93.1 cm³/mol. The minimum atomic E-state index is -0.196. The molecule has 1 N–H and O–H groups in total. The van der Waals surface area contributed by atoms with Gasteiger partial charge in [0.1, 0.15) is 5.75 Å². The number of methoxy groups -OCH3 is 2. The summed E-state index contributed by atoms with van der Waals surface area (Å²) in [6.07, 6.45) is 0. The van der Waals surface area contributed by atoms with E-state index in [0.717, 1.165) is 22.4 Å². The highest BCUT2D eigenvalue weighted by Crippen LogP contribution is 2.27. The zero-order valence-corrected chi connectivity index (χ0v) is 14.2. The second kappa shape index (κ2) is 7.24. The van der Waals surface area contributed by atoms with Crippen molar-refractivity contribution in [2.75, 3.05) is 19.5 Å². The lowest BCUT2D eigenvalue weighted by molar-refractivity contribution is 0.184. The number of rotatable bonds is 4. The minimum absolute atomic E-state index is 0.196. The highest BCUT2D eigenvalue weighted by atomic mass is 16.5. The molecule has 1 aliphatic rings. The second-order valence-electron chi connectivity index (χ2n) is 5.84. The van der Waals surface area contributed by atoms with Crippen molar-refractivity contribution in [3.8, 4) is 11.8 Å². The van der Waals surface area contributed by atoms with Gasteiger partial charge in [-0.1, -0.05) is 12.1 Å². The van der Waals surface area contributed by atoms with E-state index in [1.807, 2.05) is 18.2 Å². The molecule has 0 bridgehead atoms. The number of amides is 2. The molecular formula is C19H19N3O3. The first-order valence-electron chi connectivity index (χ1n) is 7.88. The number of fused-ring (bicyclic) bond motifs is 1. The van der Waals surface area contributed by atoms with Crippen molar-refractivity contribution in [2.45, 2.75) is 19.7 Å². The van der Waals surface area contributed by atoms with Gasteiger partial charge in [-0.25, -0.2) is 4.79 Å². The van der Waals surface area contributed by atoms with E-state index in [2.05, 4.69) is 11.4 Å². The quantitative estimate of drug-likeness (QED) is 0.929. The van der Waals surface area contributed by atoms with E-state index < -0.39 is 0 Å². The van der Waals surface area contributed by atoms with Gasteiger partial charge in [0.15, 0.2) is 0 Å². The summed E-state index contributed by atoms with van der Waals surface area (Å²) in [6.45, 7) is 1.45. The lowest BCUT2D eigenvalue weighted by Crippen LogP contribution is -2.30. The van der Waals surface area contributed by atoms with Crippen molar-refractivity contribution in [1.29, 1.82) is 5.26 Å². The molecule has 0 spiro atoms. The number of hydrogen-bond donors (Lipinski definition) is 1. The molecule has 1 aliphatic heterocycles. The molecule has 128 valence electrons. The third-order valence-corrected chi connectivity index (χ3v) is 4.20. The number of carbonyl (C=O) groups is 1. The average Bonchev–Trinajstić information content (AvgIpc) is 3.06. The minimum Gasteiger partial charge on any atom is -0.497 e. The lowest BCUT2D eigenvalue weighted by atomic mass is 10.1. The van der Waals surface area contributed by atoms with Crippen LogP contribution in [0.3, 0.4) is 0 Å². The summed E-state index contributed by atoms with van der Waals surface area (Å²) in [6, 6.07) is 13.0. The second-order valence-corrected chi connectivity index (χ2v) is 5.84. The van der Waals surface area contributed by atoms with E-state index in [9.17, 15) is 10.1 Å². The molecule has 0 saturated carbocycles. The summed E-state index contributed by atoms with van der Waals surface area (Å²) in [5.74, 6) is 0.786. The Balaban J connectivity index is 1.70. The fourth-order valence-corrected chi connectivity index (χ4v) is 2.88. The van der Waals surface area contributed by atoms with Crippen molar-refractivity contribution in [1.82, 2.24) is 4.90 Å². The van der Waals surface area contributed by atoms with Gasteiger partial charge in [0.2, 0.25) is 0 Å². The molecule has 0 radical (unpaired) electrons. The van der Waals surface area contributed by atoms with E-state index in [1.165, 1.54) is 0 Å². The molecular weight excluding hydrogens is 318 g/mol. The van der Waals surface area contributed by atoms with Crippen molar-refractivity contribution < 1.29 is 14.3 Å². The number of benzene rings is 2. The summed E-state index contributed by atoms with van der Waals surface area (Å²) < 4.78 is 10.3. The first kappa shape index (κ1) is 16.8. The van der Waals surface area contributed by atoms with Gasteiger partial charge in [0.25, 0.3) is 0 Å². The molecule has 1 heterocycles. The zero-order chi connectivity index (χ0) is 17.8. The van der Waals surface area contributed by atoms with Crippen LogP contribution in [0.25, 0.3) is 0 Å². The van der Waals surface area contributed by atoms with Gasteiger partial charge in [0.05, 0.1) is 25.3 Å². The molecule has 6 heteroatoms. The van der Waals surface area contributed by atoms with Gasteiger partial charge in [-0.3, -0.25) is 0 Å². The van der Waals surface area contributed by atoms with E-state index in [1.54, 1.807) is 37.3 Å². The van der Waals surface area contributed by atoms with Crippen LogP contribution in [0.15, 0.2) is 36.4 Å². The molecule has 0 unspecified atom stereocenters. The van der Waals surface area contributed by atoms with Gasteiger partial charge in [-0.05, 0) is 41.0 Å². The number of urea groups is 1. The maximum absolute atomic E-state index is 12.5. The number of nitrogens with one attached hydrogen (secondary N) is 1. The highest BCUT2D eigenvalue weighted by Gasteiger charge is 2.24. The van der Waals surface area contributed by atoms with Crippen LogP contribution in [0.4, 0.5) is 10.5 Å². The monoisotopic (exact) mass is 337 g/mol. The van der Waals surface area contributed by atoms with Crippen molar-refractivity contribution in [3.05, 3.63) is 58.7 Å². The molecule has 0 aromatic heterocycles. The van der Waals surface area contributed by atoms with Crippen LogP contribution in [-0.2, 0) is 24.4 Å². The van der Waals surface area contributed by atoms with Gasteiger partial charge >= 0.3 is 6.03 Å². The van der Waals surface area contributed by atoms with Crippen LogP contribution in [0, 0.1) is 11.3 Å². The third kappa shape index (κ3) is 3.57. The molecule has 2 aromatic carbocycles. The number of nitrogens with zero attached hydrogens (tertiary/aromatic N) is 2. The van der Waals surface area contributed by atoms with Crippen LogP contribution < -0.4 is 10.1 Å². The van der Waals surface area contributed by atoms with Gasteiger partial charge in [0, 0.05) is 25.9 Å². The molecule has 2 aromatic rings. The van der Waals surface area contributed by atoms with E-state index in [0.29, 0.717) is 30.9 Å². The normalized spacial score (nSPS) is 12.4. The standard InChI is InChI=1S/C19H19N3O3/c1-24-12-14-3-5-17(7-15(14)9-20)21-19(23)22-10-13-4-6-18(25-2)8-16(13)11-22/h3-8H,10-12H2,1-2H3,(H,21,23). The number of carbonyl (C=O) groups excluding carboxylic acids is 1. The van der Waals surface area contributed by atoms with E-state index >= 15 is 0 Å². The fraction of sp³-hybridized carbons (Fsp3) is 0.263. The lowest BCUT2D eigenvalue weighted by Gasteiger charge is -2.17. The number of ether oxygens (including phenoxy) is 2. The summed E-state index contributed by atoms with van der Waals surface area (Å²) in [7, 11) is 3.21. The largest absolute Gasteiger partial charge is 0.497 e. The first-order chi connectivity index (χ1) is 12.1. The van der Waals surface area contributed by atoms with Crippen LogP contribution in [0.5, 0.6) is 5.75 Å². The molecule has 3 rings (SSSR count). The summed E-state index contributed by atoms with van der Waals surface area (Å²) in [4.78, 5) is 14.2. The molecule has 25 heavy (non-hydrogen) atoms. The van der Waals surface area contributed by atoms with Crippen LogP contribution in [0.1, 0.15) is 22.3 Å². The summed E-state index contributed by atoms with van der Waals surface area (Å²) in [5, 5.41) is 12.1. The van der Waals surface area contributed by atoms with Crippen molar-refractivity contribution >= 4 is 11.7 Å². The summed E-state index contributed by atoms with van der Waals surface area (Å²) >= 11 is 0.